The van der Waals surface area contributed by atoms with Crippen molar-refractivity contribution in [3.8, 4) is 5.75 Å². The minimum absolute atomic E-state index is 0.0794. The van der Waals surface area contributed by atoms with E-state index in [0.717, 1.165) is 13.1 Å². The predicted octanol–water partition coefficient (Wildman–Crippen LogP) is 2.28. The van der Waals surface area contributed by atoms with Gasteiger partial charge in [0.15, 0.2) is 0 Å². The van der Waals surface area contributed by atoms with Crippen LogP contribution < -0.4 is 0 Å². The Morgan fingerprint density at radius 1 is 1.15 bits per heavy atom. The number of aliphatic hydroxyl groups excluding tert-OH is 1. The highest BCUT2D eigenvalue weighted by molar-refractivity contribution is 5.21. The van der Waals surface area contributed by atoms with E-state index in [1.165, 1.54) is 18.3 Å². The van der Waals surface area contributed by atoms with Gasteiger partial charge in [-0.1, -0.05) is 18.2 Å². The SMILES string of the molecule is Oc1ccc(C(O)CN2CC3CC(O)(Cc4ccccc4F)CC3C2)nc1. The Balaban J connectivity index is 1.34. The molecule has 5 nitrogen and oxygen atoms in total. The van der Waals surface area contributed by atoms with Crippen LogP contribution in [0.4, 0.5) is 4.39 Å². The molecule has 1 aliphatic heterocycles. The highest BCUT2D eigenvalue weighted by atomic mass is 19.1. The van der Waals surface area contributed by atoms with E-state index < -0.39 is 11.7 Å². The molecule has 2 heterocycles. The lowest BCUT2D eigenvalue weighted by Gasteiger charge is -2.27. The molecule has 4 rings (SSSR count). The summed E-state index contributed by atoms with van der Waals surface area (Å²) in [6, 6.07) is 9.80. The molecule has 0 amide bonds. The second-order valence-corrected chi connectivity index (χ2v) is 8.10. The van der Waals surface area contributed by atoms with E-state index in [4.69, 9.17) is 0 Å². The number of benzene rings is 1. The number of rotatable bonds is 5. The second-order valence-electron chi connectivity index (χ2n) is 8.10. The van der Waals surface area contributed by atoms with Crippen molar-refractivity contribution in [2.75, 3.05) is 19.6 Å². The molecule has 1 saturated heterocycles. The summed E-state index contributed by atoms with van der Waals surface area (Å²) < 4.78 is 13.9. The number of halogens is 1. The molecule has 6 heteroatoms. The van der Waals surface area contributed by atoms with Crippen molar-refractivity contribution in [2.45, 2.75) is 31.0 Å². The van der Waals surface area contributed by atoms with Crippen molar-refractivity contribution in [1.29, 1.82) is 0 Å². The van der Waals surface area contributed by atoms with E-state index in [2.05, 4.69) is 9.88 Å². The number of β-amino-alcohol motifs (C(OH)–C–C–N with tert-alkyl or cyclic N) is 1. The molecular formula is C21H25FN2O3. The first-order valence-electron chi connectivity index (χ1n) is 9.43. The molecule has 144 valence electrons. The van der Waals surface area contributed by atoms with E-state index >= 15 is 0 Å². The van der Waals surface area contributed by atoms with Gasteiger partial charge in [0.05, 0.1) is 17.5 Å². The first-order valence-corrected chi connectivity index (χ1v) is 9.43. The number of hydrogen-bond donors (Lipinski definition) is 3. The molecular weight excluding hydrogens is 347 g/mol. The minimum atomic E-state index is -0.846. The van der Waals surface area contributed by atoms with Gasteiger partial charge in [-0.3, -0.25) is 9.88 Å². The Morgan fingerprint density at radius 3 is 2.48 bits per heavy atom. The van der Waals surface area contributed by atoms with Crippen LogP contribution in [0.25, 0.3) is 0 Å². The Morgan fingerprint density at radius 2 is 1.85 bits per heavy atom. The van der Waals surface area contributed by atoms with Crippen molar-refractivity contribution in [2.24, 2.45) is 11.8 Å². The number of pyridine rings is 1. The monoisotopic (exact) mass is 372 g/mol. The Labute approximate surface area is 158 Å². The predicted molar refractivity (Wildman–Crippen MR) is 98.6 cm³/mol. The summed E-state index contributed by atoms with van der Waals surface area (Å²) in [5.74, 6) is 0.549. The van der Waals surface area contributed by atoms with Crippen molar-refractivity contribution in [3.63, 3.8) is 0 Å². The molecule has 0 radical (unpaired) electrons. The van der Waals surface area contributed by atoms with Gasteiger partial charge < -0.3 is 15.3 Å². The van der Waals surface area contributed by atoms with Crippen LogP contribution in [0.5, 0.6) is 5.75 Å². The van der Waals surface area contributed by atoms with Gasteiger partial charge >= 0.3 is 0 Å². The minimum Gasteiger partial charge on any atom is -0.506 e. The van der Waals surface area contributed by atoms with Gasteiger partial charge in [-0.25, -0.2) is 4.39 Å². The Kier molecular flexibility index (Phi) is 4.88. The molecule has 3 atom stereocenters. The standard InChI is InChI=1S/C21H25FN2O3/c22-18-4-2-1-3-14(18)7-21(27)8-15-11-24(12-16(15)9-21)13-20(26)19-6-5-17(25)10-23-19/h1-6,10,15-16,20,25-27H,7-9,11-13H2. The third-order valence-corrected chi connectivity index (χ3v) is 5.96. The zero-order chi connectivity index (χ0) is 19.0. The number of aromatic hydroxyl groups is 1. The molecule has 3 N–H and O–H groups in total. The topological polar surface area (TPSA) is 76.8 Å². The lowest BCUT2D eigenvalue weighted by molar-refractivity contribution is 0.0319. The Bertz CT molecular complexity index is 784. The fraction of sp³-hybridized carbons (Fsp3) is 0.476. The van der Waals surface area contributed by atoms with Crippen LogP contribution in [0.3, 0.4) is 0 Å². The smallest absolute Gasteiger partial charge is 0.133 e. The third kappa shape index (κ3) is 3.98. The summed E-state index contributed by atoms with van der Waals surface area (Å²) in [5, 5.41) is 30.7. The molecule has 1 aromatic heterocycles. The first-order chi connectivity index (χ1) is 12.9. The van der Waals surface area contributed by atoms with Gasteiger partial charge in [0, 0.05) is 26.1 Å². The molecule has 1 saturated carbocycles. The lowest BCUT2D eigenvalue weighted by atomic mass is 9.91. The maximum atomic E-state index is 13.9. The van der Waals surface area contributed by atoms with Crippen LogP contribution in [0.15, 0.2) is 42.6 Å². The summed E-state index contributed by atoms with van der Waals surface area (Å²) in [6.45, 7) is 2.12. The zero-order valence-electron chi connectivity index (χ0n) is 15.1. The normalized spacial score (nSPS) is 29.0. The van der Waals surface area contributed by atoms with Crippen LogP contribution in [0.2, 0.25) is 0 Å². The van der Waals surface area contributed by atoms with E-state index in [9.17, 15) is 19.7 Å². The average Bonchev–Trinajstić information content (AvgIpc) is 3.11. The molecule has 1 aromatic carbocycles. The van der Waals surface area contributed by atoms with Crippen LogP contribution in [0.1, 0.15) is 30.2 Å². The first kappa shape index (κ1) is 18.3. The van der Waals surface area contributed by atoms with Gasteiger partial charge in [0.1, 0.15) is 17.7 Å². The Hall–Kier alpha value is -2.02. The quantitative estimate of drug-likeness (QED) is 0.751. The van der Waals surface area contributed by atoms with Crippen molar-refractivity contribution in [1.82, 2.24) is 9.88 Å². The van der Waals surface area contributed by atoms with E-state index in [-0.39, 0.29) is 11.6 Å². The van der Waals surface area contributed by atoms with E-state index in [1.807, 2.05) is 0 Å². The van der Waals surface area contributed by atoms with Crippen LogP contribution in [0, 0.1) is 17.7 Å². The van der Waals surface area contributed by atoms with Crippen LogP contribution >= 0.6 is 0 Å². The molecule has 2 aliphatic rings. The molecule has 2 fully saturated rings. The van der Waals surface area contributed by atoms with Crippen molar-refractivity contribution in [3.05, 3.63) is 59.7 Å². The molecule has 27 heavy (non-hydrogen) atoms. The second kappa shape index (κ2) is 7.19. The summed E-state index contributed by atoms with van der Waals surface area (Å²) in [6.07, 6.45) is 2.31. The fourth-order valence-corrected chi connectivity index (χ4v) is 4.78. The van der Waals surface area contributed by atoms with Gasteiger partial charge in [-0.05, 0) is 48.4 Å². The van der Waals surface area contributed by atoms with Gasteiger partial charge in [-0.2, -0.15) is 0 Å². The summed E-state index contributed by atoms with van der Waals surface area (Å²) >= 11 is 0. The van der Waals surface area contributed by atoms with E-state index in [0.29, 0.717) is 48.9 Å². The number of fused-ring (bicyclic) bond motifs is 1. The third-order valence-electron chi connectivity index (χ3n) is 5.96. The average molecular weight is 372 g/mol. The summed E-state index contributed by atoms with van der Waals surface area (Å²) in [4.78, 5) is 6.27. The van der Waals surface area contributed by atoms with Gasteiger partial charge in [-0.15, -0.1) is 0 Å². The number of aliphatic hydroxyl groups is 2. The van der Waals surface area contributed by atoms with E-state index in [1.54, 1.807) is 24.3 Å². The number of likely N-dealkylation sites (tertiary alicyclic amines) is 1. The number of hydrogen-bond acceptors (Lipinski definition) is 5. The zero-order valence-corrected chi connectivity index (χ0v) is 15.1. The largest absolute Gasteiger partial charge is 0.506 e. The molecule has 0 bridgehead atoms. The van der Waals surface area contributed by atoms with Crippen LogP contribution in [-0.4, -0.2) is 50.4 Å². The molecule has 2 aromatic rings. The van der Waals surface area contributed by atoms with Gasteiger partial charge in [0.25, 0.3) is 0 Å². The highest BCUT2D eigenvalue weighted by Crippen LogP contribution is 2.45. The lowest BCUT2D eigenvalue weighted by Crippen LogP contribution is -2.33. The van der Waals surface area contributed by atoms with Crippen molar-refractivity contribution < 1.29 is 19.7 Å². The number of aromatic nitrogens is 1. The van der Waals surface area contributed by atoms with Crippen LogP contribution in [-0.2, 0) is 6.42 Å². The maximum Gasteiger partial charge on any atom is 0.133 e. The van der Waals surface area contributed by atoms with Gasteiger partial charge in [0.2, 0.25) is 0 Å². The number of nitrogens with zero attached hydrogens (tertiary/aromatic N) is 2. The molecule has 1 aliphatic carbocycles. The molecule has 3 unspecified atom stereocenters. The summed E-state index contributed by atoms with van der Waals surface area (Å²) in [5.41, 5.74) is 0.271. The summed E-state index contributed by atoms with van der Waals surface area (Å²) in [7, 11) is 0. The van der Waals surface area contributed by atoms with Crippen molar-refractivity contribution >= 4 is 0 Å². The maximum absolute atomic E-state index is 13.9. The fourth-order valence-electron chi connectivity index (χ4n) is 4.78. The highest BCUT2D eigenvalue weighted by Gasteiger charge is 2.48. The molecule has 0 spiro atoms.